The van der Waals surface area contributed by atoms with E-state index in [1.807, 2.05) is 37.3 Å². The van der Waals surface area contributed by atoms with E-state index in [2.05, 4.69) is 22.2 Å². The Morgan fingerprint density at radius 1 is 1.06 bits per heavy atom. The van der Waals surface area contributed by atoms with E-state index in [4.69, 9.17) is 0 Å². The highest BCUT2D eigenvalue weighted by Crippen LogP contribution is 2.24. The van der Waals surface area contributed by atoms with Crippen molar-refractivity contribution in [2.24, 2.45) is 0 Å². The number of nitrogens with zero attached hydrogens (tertiary/aromatic N) is 3. The Bertz CT molecular complexity index is 1050. The monoisotopic (exact) mass is 458 g/mol. The molecule has 1 unspecified atom stereocenters. The number of rotatable bonds is 7. The predicted molar refractivity (Wildman–Crippen MR) is 127 cm³/mol. The second-order valence-electron chi connectivity index (χ2n) is 8.74. The summed E-state index contributed by atoms with van der Waals surface area (Å²) in [6.45, 7) is 8.20. The van der Waals surface area contributed by atoms with Crippen molar-refractivity contribution in [3.05, 3.63) is 64.7 Å². The van der Waals surface area contributed by atoms with Gasteiger partial charge in [0.15, 0.2) is 0 Å². The Labute approximate surface area is 192 Å². The van der Waals surface area contributed by atoms with Crippen LogP contribution in [0.4, 0.5) is 0 Å². The summed E-state index contributed by atoms with van der Waals surface area (Å²) in [7, 11) is 1.46. The molecule has 3 rings (SSSR count). The molecule has 1 aliphatic heterocycles. The molecule has 1 aliphatic rings. The molecule has 0 aliphatic carbocycles. The molecule has 1 heterocycles. The molecule has 7 nitrogen and oxygen atoms in total. The Kier molecular flexibility index (Phi) is 7.71. The molecule has 0 aromatic heterocycles. The fraction of sp³-hybridized carbons (Fsp3) is 0.458. The molecule has 1 amide bonds. The third-order valence-electron chi connectivity index (χ3n) is 6.18. The van der Waals surface area contributed by atoms with E-state index in [-0.39, 0.29) is 16.8 Å². The maximum atomic E-state index is 13.3. The summed E-state index contributed by atoms with van der Waals surface area (Å²) in [6.07, 6.45) is 0. The van der Waals surface area contributed by atoms with Crippen molar-refractivity contribution in [3.8, 4) is 0 Å². The van der Waals surface area contributed by atoms with Gasteiger partial charge in [-0.3, -0.25) is 9.69 Å². The largest absolute Gasteiger partial charge is 0.344 e. The van der Waals surface area contributed by atoms with Gasteiger partial charge in [-0.2, -0.15) is 0 Å². The molecule has 0 spiro atoms. The number of hydrogen-bond donors (Lipinski definition) is 1. The highest BCUT2D eigenvalue weighted by atomic mass is 32.2. The number of amides is 1. The molecular formula is C24H34N4O3S. The zero-order chi connectivity index (χ0) is 23.5. The van der Waals surface area contributed by atoms with Crippen LogP contribution in [0.3, 0.4) is 0 Å². The lowest BCUT2D eigenvalue weighted by Crippen LogP contribution is -2.47. The van der Waals surface area contributed by atoms with Crippen molar-refractivity contribution >= 4 is 15.9 Å². The van der Waals surface area contributed by atoms with Crippen molar-refractivity contribution < 1.29 is 13.2 Å². The zero-order valence-corrected chi connectivity index (χ0v) is 20.4. The molecule has 2 aromatic rings. The number of likely N-dealkylation sites (N-methyl/N-ethyl adjacent to an activating group) is 1. The average molecular weight is 459 g/mol. The minimum absolute atomic E-state index is 0.169. The normalized spacial score (nSPS) is 16.8. The predicted octanol–water partition coefficient (Wildman–Crippen LogP) is 2.27. The van der Waals surface area contributed by atoms with Crippen molar-refractivity contribution in [1.82, 2.24) is 19.4 Å². The third kappa shape index (κ3) is 5.56. The van der Waals surface area contributed by atoms with Gasteiger partial charge in [-0.15, -0.1) is 0 Å². The summed E-state index contributed by atoms with van der Waals surface area (Å²) in [4.78, 5) is 18.1. The molecule has 32 heavy (non-hydrogen) atoms. The quantitative estimate of drug-likeness (QED) is 0.689. The maximum absolute atomic E-state index is 13.3. The minimum Gasteiger partial charge on any atom is -0.344 e. The molecule has 1 saturated heterocycles. The van der Waals surface area contributed by atoms with Crippen LogP contribution in [0.2, 0.25) is 0 Å². The lowest BCUT2D eigenvalue weighted by atomic mass is 10.0. The van der Waals surface area contributed by atoms with Crippen LogP contribution < -0.4 is 5.32 Å². The maximum Gasteiger partial charge on any atom is 0.251 e. The van der Waals surface area contributed by atoms with Crippen molar-refractivity contribution in [2.75, 3.05) is 53.9 Å². The summed E-state index contributed by atoms with van der Waals surface area (Å²) in [5.74, 6) is -0.272. The van der Waals surface area contributed by atoms with Crippen molar-refractivity contribution in [1.29, 1.82) is 0 Å². The minimum atomic E-state index is -3.65. The first kappa shape index (κ1) is 24.4. The molecule has 1 N–H and O–H groups in total. The van der Waals surface area contributed by atoms with Crippen LogP contribution in [-0.2, 0) is 10.0 Å². The van der Waals surface area contributed by atoms with Gasteiger partial charge in [0, 0.05) is 52.4 Å². The lowest BCUT2D eigenvalue weighted by Gasteiger charge is -2.35. The van der Waals surface area contributed by atoms with Crippen LogP contribution in [0.5, 0.6) is 0 Å². The van der Waals surface area contributed by atoms with Gasteiger partial charge in [-0.05, 0) is 49.7 Å². The van der Waals surface area contributed by atoms with Crippen LogP contribution in [0.15, 0.2) is 47.4 Å². The van der Waals surface area contributed by atoms with Gasteiger partial charge < -0.3 is 10.2 Å². The van der Waals surface area contributed by atoms with Gasteiger partial charge in [-0.1, -0.05) is 30.3 Å². The first-order valence-corrected chi connectivity index (χ1v) is 12.3. The first-order valence-electron chi connectivity index (χ1n) is 10.9. The number of aryl methyl sites for hydroxylation is 1. The van der Waals surface area contributed by atoms with Gasteiger partial charge in [0.1, 0.15) is 0 Å². The van der Waals surface area contributed by atoms with Crippen LogP contribution in [0.25, 0.3) is 0 Å². The topological polar surface area (TPSA) is 73.0 Å². The van der Waals surface area contributed by atoms with Crippen LogP contribution in [0, 0.1) is 13.8 Å². The zero-order valence-electron chi connectivity index (χ0n) is 19.6. The number of carbonyl (C=O) groups is 1. The lowest BCUT2D eigenvalue weighted by molar-refractivity contribution is 0.0907. The Morgan fingerprint density at radius 3 is 2.28 bits per heavy atom. The Morgan fingerprint density at radius 2 is 1.69 bits per heavy atom. The molecule has 2 aromatic carbocycles. The van der Waals surface area contributed by atoms with Gasteiger partial charge in [-0.25, -0.2) is 12.7 Å². The summed E-state index contributed by atoms with van der Waals surface area (Å²) in [5, 5.41) is 3.16. The molecule has 0 saturated carbocycles. The number of hydrogen-bond acceptors (Lipinski definition) is 5. The molecule has 0 bridgehead atoms. The number of carbonyl (C=O) groups excluding carboxylic acids is 1. The second-order valence-corrected chi connectivity index (χ2v) is 10.9. The Hall–Kier alpha value is -2.26. The summed E-state index contributed by atoms with van der Waals surface area (Å²) >= 11 is 0. The highest BCUT2D eigenvalue weighted by molar-refractivity contribution is 7.89. The fourth-order valence-electron chi connectivity index (χ4n) is 3.87. The molecule has 1 atom stereocenters. The van der Waals surface area contributed by atoms with E-state index in [1.165, 1.54) is 24.5 Å². The highest BCUT2D eigenvalue weighted by Gasteiger charge is 2.25. The molecule has 8 heteroatoms. The number of nitrogens with one attached hydrogen (secondary N) is 1. The van der Waals surface area contributed by atoms with E-state index in [9.17, 15) is 13.2 Å². The van der Waals surface area contributed by atoms with Gasteiger partial charge >= 0.3 is 0 Å². The van der Waals surface area contributed by atoms with Gasteiger partial charge in [0.05, 0.1) is 10.9 Å². The Balaban J connectivity index is 1.88. The van der Waals surface area contributed by atoms with Crippen LogP contribution >= 0.6 is 0 Å². The summed E-state index contributed by atoms with van der Waals surface area (Å²) in [6, 6.07) is 13.0. The van der Waals surface area contributed by atoms with Crippen molar-refractivity contribution in [3.63, 3.8) is 0 Å². The SMILES string of the molecule is Cc1cc(C(=O)NC(CN2CCN(C)CC2)c2ccccc2)cc(S(=O)(=O)N(C)C)c1C. The molecule has 174 valence electrons. The average Bonchev–Trinajstić information content (AvgIpc) is 2.76. The summed E-state index contributed by atoms with van der Waals surface area (Å²) < 4.78 is 26.8. The molecule has 1 fully saturated rings. The number of piperazine rings is 1. The fourth-order valence-corrected chi connectivity index (χ4v) is 5.09. The first-order chi connectivity index (χ1) is 15.1. The van der Waals surface area contributed by atoms with E-state index >= 15 is 0 Å². The van der Waals surface area contributed by atoms with E-state index in [0.717, 1.165) is 37.3 Å². The van der Waals surface area contributed by atoms with Crippen molar-refractivity contribution in [2.45, 2.75) is 24.8 Å². The smallest absolute Gasteiger partial charge is 0.251 e. The molecule has 0 radical (unpaired) electrons. The summed E-state index contributed by atoms with van der Waals surface area (Å²) in [5.41, 5.74) is 2.82. The third-order valence-corrected chi connectivity index (χ3v) is 8.13. The van der Waals surface area contributed by atoms with E-state index < -0.39 is 10.0 Å². The number of sulfonamides is 1. The standard InChI is InChI=1S/C24H34N4O3S/c1-18-15-21(16-23(19(18)2)32(30,31)26(3)4)24(29)25-22(20-9-7-6-8-10-20)17-28-13-11-27(5)12-14-28/h6-10,15-16,22H,11-14,17H2,1-5H3,(H,25,29). The van der Waals surface area contributed by atoms with Crippen LogP contribution in [-0.4, -0.2) is 82.3 Å². The van der Waals surface area contributed by atoms with Gasteiger partial charge in [0.25, 0.3) is 5.91 Å². The second kappa shape index (κ2) is 10.1. The van der Waals surface area contributed by atoms with Gasteiger partial charge in [0.2, 0.25) is 10.0 Å². The van der Waals surface area contributed by atoms with E-state index in [1.54, 1.807) is 13.0 Å². The number of benzene rings is 2. The van der Waals surface area contributed by atoms with Crippen LogP contribution in [0.1, 0.15) is 33.1 Å². The van der Waals surface area contributed by atoms with E-state index in [0.29, 0.717) is 17.7 Å². The molecular weight excluding hydrogens is 424 g/mol.